The highest BCUT2D eigenvalue weighted by Crippen LogP contribution is 2.66. The molecule has 0 heterocycles. The number of rotatable bonds is 5. The van der Waals surface area contributed by atoms with Crippen LogP contribution in [-0.4, -0.2) is 34.6 Å². The summed E-state index contributed by atoms with van der Waals surface area (Å²) in [6, 6.07) is 3.55. The number of amides is 3. The van der Waals surface area contributed by atoms with E-state index in [1.54, 1.807) is 0 Å². The highest BCUT2D eigenvalue weighted by Gasteiger charge is 2.60. The Morgan fingerprint density at radius 1 is 0.971 bits per heavy atom. The van der Waals surface area contributed by atoms with Gasteiger partial charge in [-0.3, -0.25) is 9.59 Å². The van der Waals surface area contributed by atoms with Gasteiger partial charge in [0.25, 0.3) is 5.91 Å². The van der Waals surface area contributed by atoms with Gasteiger partial charge in [0.1, 0.15) is 5.82 Å². The maximum Gasteiger partial charge on any atom is 0.319 e. The molecule has 0 spiro atoms. The fourth-order valence-electron chi connectivity index (χ4n) is 8.49. The third-order valence-electron chi connectivity index (χ3n) is 8.90. The molecule has 5 aliphatic carbocycles. The number of hydrogen-bond acceptors (Lipinski definition) is 3. The van der Waals surface area contributed by atoms with Crippen LogP contribution in [0.15, 0.2) is 18.2 Å². The Morgan fingerprint density at radius 3 is 2.20 bits per heavy atom. The lowest BCUT2D eigenvalue weighted by molar-refractivity contribution is -0.142. The minimum atomic E-state index is -0.796. The molecule has 4 bridgehead atoms. The van der Waals surface area contributed by atoms with Crippen molar-refractivity contribution >= 4 is 23.6 Å². The van der Waals surface area contributed by atoms with Crippen molar-refractivity contribution in [1.29, 1.82) is 0 Å². The van der Waals surface area contributed by atoms with E-state index in [2.05, 4.69) is 29.8 Å². The van der Waals surface area contributed by atoms with E-state index < -0.39 is 23.7 Å². The van der Waals surface area contributed by atoms with E-state index in [0.29, 0.717) is 31.6 Å². The van der Waals surface area contributed by atoms with Crippen LogP contribution < -0.4 is 16.0 Å². The van der Waals surface area contributed by atoms with Crippen molar-refractivity contribution in [1.82, 2.24) is 10.6 Å². The number of carbonyl (C=O) groups is 3. The summed E-state index contributed by atoms with van der Waals surface area (Å²) >= 11 is 0. The zero-order valence-electron chi connectivity index (χ0n) is 20.6. The van der Waals surface area contributed by atoms with E-state index in [-0.39, 0.29) is 39.6 Å². The zero-order valence-corrected chi connectivity index (χ0v) is 20.6. The number of anilines is 1. The summed E-state index contributed by atoms with van der Waals surface area (Å²) in [4.78, 5) is 36.6. The minimum Gasteiger partial charge on any atom is -0.481 e. The van der Waals surface area contributed by atoms with Crippen LogP contribution in [0, 0.1) is 28.5 Å². The lowest BCUT2D eigenvalue weighted by Gasteiger charge is -2.65. The third-order valence-corrected chi connectivity index (χ3v) is 8.90. The van der Waals surface area contributed by atoms with Crippen LogP contribution in [-0.2, 0) is 4.79 Å². The molecule has 4 atom stereocenters. The molecule has 4 N–H and O–H groups in total. The quantitative estimate of drug-likeness (QED) is 0.467. The number of nitrogens with one attached hydrogen (secondary N) is 3. The molecule has 0 aliphatic heterocycles. The summed E-state index contributed by atoms with van der Waals surface area (Å²) in [5, 5.41) is 17.9. The molecule has 1 aromatic carbocycles. The summed E-state index contributed by atoms with van der Waals surface area (Å²) in [6.07, 6.45) is 8.81. The van der Waals surface area contributed by atoms with Gasteiger partial charge in [-0.25, -0.2) is 9.18 Å². The Kier molecular flexibility index (Phi) is 5.84. The summed E-state index contributed by atoms with van der Waals surface area (Å²) < 4.78 is 14.8. The van der Waals surface area contributed by atoms with Crippen LogP contribution in [0.1, 0.15) is 88.4 Å². The lowest BCUT2D eigenvalue weighted by Crippen LogP contribution is -2.65. The molecule has 0 saturated heterocycles. The number of carboxylic acids is 1. The Morgan fingerprint density at radius 2 is 1.63 bits per heavy atom. The summed E-state index contributed by atoms with van der Waals surface area (Å²) in [7, 11) is 0. The highest BCUT2D eigenvalue weighted by atomic mass is 19.1. The van der Waals surface area contributed by atoms with Gasteiger partial charge in [-0.2, -0.15) is 0 Å². The van der Waals surface area contributed by atoms with Crippen LogP contribution in [0.25, 0.3) is 0 Å². The fourth-order valence-corrected chi connectivity index (χ4v) is 8.49. The van der Waals surface area contributed by atoms with Gasteiger partial charge < -0.3 is 21.1 Å². The number of carbonyl (C=O) groups excluding carboxylic acids is 2. The Bertz CT molecular complexity index is 1030. The summed E-state index contributed by atoms with van der Waals surface area (Å²) in [5.74, 6) is -1.58. The molecule has 3 amide bonds. The maximum absolute atomic E-state index is 14.8. The largest absolute Gasteiger partial charge is 0.481 e. The van der Waals surface area contributed by atoms with Crippen molar-refractivity contribution in [2.24, 2.45) is 22.7 Å². The topological polar surface area (TPSA) is 108 Å². The molecule has 35 heavy (non-hydrogen) atoms. The highest BCUT2D eigenvalue weighted by molar-refractivity contribution is 5.96. The van der Waals surface area contributed by atoms with Crippen LogP contribution in [0.3, 0.4) is 0 Å². The number of urea groups is 1. The first-order valence-corrected chi connectivity index (χ1v) is 12.9. The van der Waals surface area contributed by atoms with Crippen molar-refractivity contribution < 1.29 is 23.9 Å². The van der Waals surface area contributed by atoms with Crippen LogP contribution in [0.5, 0.6) is 0 Å². The van der Waals surface area contributed by atoms with E-state index in [0.717, 1.165) is 25.3 Å². The molecule has 5 saturated carbocycles. The standard InChI is InChI=1S/C27H36FN3O4/c1-25-10-16-11-26(2,13-25)15-27(12-16,14-25)31-24(35)30-21-8-5-18(9-20(21)28)22(32)29-19-6-3-17(4-7-19)23(33)34/h5,8-9,16-17,19H,3-4,6-7,10-15H2,1-2H3,(H,29,32)(H,33,34)(H2,30,31,35)/t16?,17?,19?,25-,26+,27?. The Labute approximate surface area is 205 Å². The molecule has 8 heteroatoms. The fraction of sp³-hybridized carbons (Fsp3) is 0.667. The molecular weight excluding hydrogens is 449 g/mol. The maximum atomic E-state index is 14.8. The Balaban J connectivity index is 1.18. The molecule has 5 aliphatic rings. The average Bonchev–Trinajstić information content (AvgIpc) is 2.72. The molecular formula is C27H36FN3O4. The first-order valence-electron chi connectivity index (χ1n) is 12.9. The van der Waals surface area contributed by atoms with E-state index in [9.17, 15) is 18.8 Å². The molecule has 6 rings (SSSR count). The van der Waals surface area contributed by atoms with Crippen LogP contribution in [0.2, 0.25) is 0 Å². The van der Waals surface area contributed by atoms with Crippen LogP contribution >= 0.6 is 0 Å². The number of benzene rings is 1. The average molecular weight is 486 g/mol. The van der Waals surface area contributed by atoms with Gasteiger partial charge in [0.2, 0.25) is 0 Å². The SMILES string of the molecule is C[C@]12CC3CC(NC(=O)Nc4ccc(C(=O)NC5CCC(C(=O)O)CC5)cc4F)(C1)C[C@@](C)(C3)C2. The van der Waals surface area contributed by atoms with Crippen molar-refractivity contribution in [3.05, 3.63) is 29.6 Å². The molecule has 0 radical (unpaired) electrons. The van der Waals surface area contributed by atoms with E-state index in [1.807, 2.05) is 0 Å². The summed E-state index contributed by atoms with van der Waals surface area (Å²) in [5.41, 5.74) is 0.505. The van der Waals surface area contributed by atoms with Gasteiger partial charge in [-0.15, -0.1) is 0 Å². The lowest BCUT2D eigenvalue weighted by atomic mass is 9.43. The Hall–Kier alpha value is -2.64. The number of aliphatic carboxylic acids is 1. The predicted molar refractivity (Wildman–Crippen MR) is 130 cm³/mol. The second kappa shape index (κ2) is 8.49. The minimum absolute atomic E-state index is 0.0446. The van der Waals surface area contributed by atoms with E-state index >= 15 is 0 Å². The first-order chi connectivity index (χ1) is 16.5. The molecule has 5 fully saturated rings. The third kappa shape index (κ3) is 4.89. The molecule has 0 aromatic heterocycles. The second-order valence-corrected chi connectivity index (χ2v) is 12.5. The van der Waals surface area contributed by atoms with E-state index in [1.165, 1.54) is 31.4 Å². The van der Waals surface area contributed by atoms with Gasteiger partial charge in [-0.1, -0.05) is 13.8 Å². The van der Waals surface area contributed by atoms with Crippen molar-refractivity contribution in [2.45, 2.75) is 89.6 Å². The van der Waals surface area contributed by atoms with Crippen LogP contribution in [0.4, 0.5) is 14.9 Å². The molecule has 2 unspecified atom stereocenters. The van der Waals surface area contributed by atoms with Gasteiger partial charge in [0.15, 0.2) is 0 Å². The summed E-state index contributed by atoms with van der Waals surface area (Å²) in [6.45, 7) is 4.68. The molecule has 7 nitrogen and oxygen atoms in total. The zero-order chi connectivity index (χ0) is 25.0. The number of carboxylic acid groups (broad SMARTS) is 1. The predicted octanol–water partition coefficient (Wildman–Crippen LogP) is 5.07. The van der Waals surface area contributed by atoms with Gasteiger partial charge in [0.05, 0.1) is 11.6 Å². The number of hydrogen-bond donors (Lipinski definition) is 4. The van der Waals surface area contributed by atoms with E-state index in [4.69, 9.17) is 5.11 Å². The van der Waals surface area contributed by atoms with Gasteiger partial charge >= 0.3 is 12.0 Å². The molecule has 1 aromatic rings. The second-order valence-electron chi connectivity index (χ2n) is 12.5. The monoisotopic (exact) mass is 485 g/mol. The van der Waals surface area contributed by atoms with Gasteiger partial charge in [-0.05, 0) is 99.2 Å². The van der Waals surface area contributed by atoms with Crippen molar-refractivity contribution in [2.75, 3.05) is 5.32 Å². The molecule has 190 valence electrons. The van der Waals surface area contributed by atoms with Crippen molar-refractivity contribution in [3.63, 3.8) is 0 Å². The smallest absolute Gasteiger partial charge is 0.319 e. The normalized spacial score (nSPS) is 37.5. The van der Waals surface area contributed by atoms with Gasteiger partial charge in [0, 0.05) is 17.1 Å². The first kappa shape index (κ1) is 24.1. The number of halogens is 1. The van der Waals surface area contributed by atoms with Crippen molar-refractivity contribution in [3.8, 4) is 0 Å².